The molecule has 0 fully saturated rings. The van der Waals surface area contributed by atoms with E-state index in [0.29, 0.717) is 0 Å². The molecule has 0 aliphatic heterocycles. The maximum Gasteiger partial charge on any atom is 0.220 e. The average molecular weight is 221 g/mol. The Morgan fingerprint density at radius 1 is 1.50 bits per heavy atom. The minimum absolute atomic E-state index is 0.155. The van der Waals surface area contributed by atoms with Gasteiger partial charge in [-0.2, -0.15) is 0 Å². The van der Waals surface area contributed by atoms with Crippen molar-refractivity contribution in [3.8, 4) is 5.75 Å². The zero-order valence-corrected chi connectivity index (χ0v) is 10.1. The van der Waals surface area contributed by atoms with Crippen molar-refractivity contribution in [3.63, 3.8) is 0 Å². The van der Waals surface area contributed by atoms with Crippen LogP contribution in [0.15, 0.2) is 24.3 Å². The molecule has 0 saturated carbocycles. The van der Waals surface area contributed by atoms with Gasteiger partial charge in [-0.3, -0.25) is 4.79 Å². The summed E-state index contributed by atoms with van der Waals surface area (Å²) in [6.07, 6.45) is 0.886. The first kappa shape index (κ1) is 12.6. The van der Waals surface area contributed by atoms with Gasteiger partial charge in [-0.05, 0) is 30.0 Å². The van der Waals surface area contributed by atoms with E-state index in [2.05, 4.69) is 6.92 Å². The van der Waals surface area contributed by atoms with Gasteiger partial charge in [0.25, 0.3) is 0 Å². The monoisotopic (exact) mass is 221 g/mol. The van der Waals surface area contributed by atoms with E-state index in [4.69, 9.17) is 10.5 Å². The van der Waals surface area contributed by atoms with Gasteiger partial charge in [-0.25, -0.2) is 0 Å². The average Bonchev–Trinajstić information content (AvgIpc) is 2.30. The zero-order valence-electron chi connectivity index (χ0n) is 10.1. The number of nitrogens with two attached hydrogens (primary N) is 1. The smallest absolute Gasteiger partial charge is 0.220 e. The molecule has 0 saturated heterocycles. The van der Waals surface area contributed by atoms with Gasteiger partial charge in [0.1, 0.15) is 5.75 Å². The molecule has 0 unspecified atom stereocenters. The van der Waals surface area contributed by atoms with Crippen molar-refractivity contribution in [2.45, 2.75) is 26.2 Å². The second-order valence-corrected chi connectivity index (χ2v) is 3.98. The van der Waals surface area contributed by atoms with Gasteiger partial charge >= 0.3 is 0 Å². The third-order valence-corrected chi connectivity index (χ3v) is 3.01. The van der Waals surface area contributed by atoms with Crippen molar-refractivity contribution >= 4 is 5.91 Å². The van der Waals surface area contributed by atoms with Gasteiger partial charge < -0.3 is 10.5 Å². The van der Waals surface area contributed by atoms with E-state index in [1.54, 1.807) is 7.11 Å². The molecule has 1 rings (SSSR count). The zero-order chi connectivity index (χ0) is 12.1. The third-order valence-electron chi connectivity index (χ3n) is 3.01. The highest BCUT2D eigenvalue weighted by Crippen LogP contribution is 2.29. The van der Waals surface area contributed by atoms with Crippen LogP contribution in [0.25, 0.3) is 0 Å². The van der Waals surface area contributed by atoms with E-state index < -0.39 is 0 Å². The lowest BCUT2D eigenvalue weighted by Gasteiger charge is -2.20. The normalized spacial score (nSPS) is 14.2. The van der Waals surface area contributed by atoms with Crippen LogP contribution in [-0.4, -0.2) is 13.0 Å². The molecule has 3 nitrogen and oxygen atoms in total. The molecular weight excluding hydrogens is 202 g/mol. The molecule has 88 valence electrons. The summed E-state index contributed by atoms with van der Waals surface area (Å²) in [6, 6.07) is 7.80. The summed E-state index contributed by atoms with van der Waals surface area (Å²) in [7, 11) is 1.64. The van der Waals surface area contributed by atoms with Gasteiger partial charge in [0.2, 0.25) is 5.91 Å². The van der Waals surface area contributed by atoms with Crippen LogP contribution < -0.4 is 10.5 Å². The molecule has 3 heteroatoms. The van der Waals surface area contributed by atoms with Gasteiger partial charge in [0, 0.05) is 5.92 Å². The maximum absolute atomic E-state index is 11.2. The molecule has 16 heavy (non-hydrogen) atoms. The molecule has 0 aliphatic carbocycles. The molecule has 0 radical (unpaired) electrons. The number of benzene rings is 1. The molecule has 0 aliphatic rings. The molecule has 1 aromatic carbocycles. The van der Waals surface area contributed by atoms with Crippen LogP contribution in [0.1, 0.15) is 31.7 Å². The second kappa shape index (κ2) is 5.54. The van der Waals surface area contributed by atoms with E-state index in [-0.39, 0.29) is 17.7 Å². The van der Waals surface area contributed by atoms with Crippen LogP contribution in [0, 0.1) is 5.92 Å². The first-order chi connectivity index (χ1) is 7.60. The van der Waals surface area contributed by atoms with Crippen molar-refractivity contribution in [2.75, 3.05) is 7.11 Å². The van der Waals surface area contributed by atoms with E-state index >= 15 is 0 Å². The van der Waals surface area contributed by atoms with Crippen molar-refractivity contribution in [1.82, 2.24) is 0 Å². The van der Waals surface area contributed by atoms with Gasteiger partial charge in [-0.15, -0.1) is 0 Å². The number of methoxy groups -OCH3 is 1. The predicted molar refractivity (Wildman–Crippen MR) is 64.4 cm³/mol. The maximum atomic E-state index is 11.2. The highest BCUT2D eigenvalue weighted by atomic mass is 16.5. The summed E-state index contributed by atoms with van der Waals surface area (Å²) in [5.74, 6) is 0.562. The predicted octanol–water partition coefficient (Wildman–Crippen LogP) is 2.31. The summed E-state index contributed by atoms with van der Waals surface area (Å²) in [5, 5.41) is 0. The van der Waals surface area contributed by atoms with Crippen LogP contribution in [0.4, 0.5) is 0 Å². The van der Waals surface area contributed by atoms with Gasteiger partial charge in [-0.1, -0.05) is 26.0 Å². The first-order valence-corrected chi connectivity index (χ1v) is 5.53. The summed E-state index contributed by atoms with van der Waals surface area (Å²) in [4.78, 5) is 11.2. The summed E-state index contributed by atoms with van der Waals surface area (Å²) >= 11 is 0. The van der Waals surface area contributed by atoms with E-state index in [9.17, 15) is 4.79 Å². The lowest BCUT2D eigenvalue weighted by atomic mass is 9.85. The Morgan fingerprint density at radius 2 is 2.19 bits per heavy atom. The third kappa shape index (κ3) is 2.75. The molecule has 0 aromatic heterocycles. The number of hydrogen-bond acceptors (Lipinski definition) is 2. The largest absolute Gasteiger partial charge is 0.497 e. The molecule has 1 aromatic rings. The Kier molecular flexibility index (Phi) is 4.35. The number of ether oxygens (including phenoxy) is 1. The molecule has 0 heterocycles. The topological polar surface area (TPSA) is 52.3 Å². The van der Waals surface area contributed by atoms with Crippen LogP contribution >= 0.6 is 0 Å². The number of rotatable bonds is 5. The second-order valence-electron chi connectivity index (χ2n) is 3.98. The number of primary amides is 1. The van der Waals surface area contributed by atoms with Crippen molar-refractivity contribution in [1.29, 1.82) is 0 Å². The minimum atomic E-state index is -0.255. The van der Waals surface area contributed by atoms with Crippen LogP contribution in [0.2, 0.25) is 0 Å². The fourth-order valence-corrected chi connectivity index (χ4v) is 1.95. The lowest BCUT2D eigenvalue weighted by Crippen LogP contribution is -2.26. The lowest BCUT2D eigenvalue weighted by molar-refractivity contribution is -0.122. The van der Waals surface area contributed by atoms with Crippen LogP contribution in [0.5, 0.6) is 5.75 Å². The first-order valence-electron chi connectivity index (χ1n) is 5.53. The minimum Gasteiger partial charge on any atom is -0.497 e. The highest BCUT2D eigenvalue weighted by Gasteiger charge is 2.22. The summed E-state index contributed by atoms with van der Waals surface area (Å²) in [6.45, 7) is 3.93. The number of carbonyl (C=O) groups excluding carboxylic acids is 1. The van der Waals surface area contributed by atoms with Gasteiger partial charge in [0.05, 0.1) is 7.11 Å². The summed E-state index contributed by atoms with van der Waals surface area (Å²) < 4.78 is 5.17. The standard InChI is InChI=1S/C13H19NO2/c1-4-12(9(2)13(14)15)10-6-5-7-11(8-10)16-3/h5-9,12H,4H2,1-3H3,(H2,14,15)/t9-,12-/m1/s1. The number of carbonyl (C=O) groups is 1. The Balaban J connectivity index is 2.98. The Bertz CT molecular complexity index is 363. The van der Waals surface area contributed by atoms with E-state index in [1.807, 2.05) is 31.2 Å². The van der Waals surface area contributed by atoms with Crippen LogP contribution in [0.3, 0.4) is 0 Å². The number of hydrogen-bond donors (Lipinski definition) is 1. The van der Waals surface area contributed by atoms with Crippen molar-refractivity contribution in [2.24, 2.45) is 11.7 Å². The SMILES string of the molecule is CC[C@@H](c1cccc(OC)c1)[C@@H](C)C(N)=O. The Hall–Kier alpha value is -1.51. The van der Waals surface area contributed by atoms with Gasteiger partial charge in [0.15, 0.2) is 0 Å². The number of amides is 1. The molecule has 2 atom stereocenters. The Morgan fingerprint density at radius 3 is 2.69 bits per heavy atom. The molecule has 2 N–H and O–H groups in total. The molecule has 0 spiro atoms. The van der Waals surface area contributed by atoms with E-state index in [0.717, 1.165) is 17.7 Å². The quantitative estimate of drug-likeness (QED) is 0.829. The molecular formula is C13H19NO2. The highest BCUT2D eigenvalue weighted by molar-refractivity contribution is 5.77. The fourth-order valence-electron chi connectivity index (χ4n) is 1.95. The molecule has 1 amide bonds. The fraction of sp³-hybridized carbons (Fsp3) is 0.462. The van der Waals surface area contributed by atoms with E-state index in [1.165, 1.54) is 0 Å². The molecule has 0 bridgehead atoms. The Labute approximate surface area is 96.6 Å². The summed E-state index contributed by atoms with van der Waals surface area (Å²) in [5.41, 5.74) is 6.45. The van der Waals surface area contributed by atoms with Crippen molar-refractivity contribution < 1.29 is 9.53 Å². The van der Waals surface area contributed by atoms with Crippen LogP contribution in [-0.2, 0) is 4.79 Å². The van der Waals surface area contributed by atoms with Crippen molar-refractivity contribution in [3.05, 3.63) is 29.8 Å².